The number of ether oxygens (including phenoxy) is 1. The number of fused-ring (bicyclic) bond motifs is 2. The van der Waals surface area contributed by atoms with Crippen LogP contribution in [-0.4, -0.2) is 34.8 Å². The van der Waals surface area contributed by atoms with E-state index in [9.17, 15) is 0 Å². The van der Waals surface area contributed by atoms with Crippen LogP contribution < -0.4 is 5.32 Å². The summed E-state index contributed by atoms with van der Waals surface area (Å²) in [5.41, 5.74) is 0.302. The zero-order valence-electron chi connectivity index (χ0n) is 12.5. The van der Waals surface area contributed by atoms with Gasteiger partial charge in [0, 0.05) is 49.3 Å². The number of nitrogens with one attached hydrogen (secondary N) is 1. The van der Waals surface area contributed by atoms with Gasteiger partial charge in [-0.25, -0.2) is 4.98 Å². The molecule has 1 aromatic heterocycles. The fraction of sp³-hybridized carbons (Fsp3) is 0.812. The van der Waals surface area contributed by atoms with Crippen LogP contribution in [0.4, 0.5) is 0 Å². The smallest absolute Gasteiger partial charge is 0.108 e. The predicted molar refractivity (Wildman–Crippen MR) is 77.5 cm³/mol. The van der Waals surface area contributed by atoms with E-state index in [0.29, 0.717) is 17.6 Å². The van der Waals surface area contributed by atoms with E-state index in [0.717, 1.165) is 38.0 Å². The van der Waals surface area contributed by atoms with Gasteiger partial charge in [0.05, 0.1) is 6.10 Å². The van der Waals surface area contributed by atoms with Crippen LogP contribution in [-0.2, 0) is 17.7 Å². The molecule has 3 heterocycles. The third-order valence-electron chi connectivity index (χ3n) is 5.76. The van der Waals surface area contributed by atoms with Crippen molar-refractivity contribution in [2.24, 2.45) is 17.3 Å². The summed E-state index contributed by atoms with van der Waals surface area (Å²) in [6.45, 7) is 7.92. The molecule has 20 heavy (non-hydrogen) atoms. The van der Waals surface area contributed by atoms with Crippen LogP contribution in [0, 0.1) is 17.3 Å². The van der Waals surface area contributed by atoms with Crippen LogP contribution in [0.25, 0.3) is 0 Å². The average molecular weight is 275 g/mol. The molecule has 1 aromatic rings. The molecule has 4 heteroatoms. The van der Waals surface area contributed by atoms with Gasteiger partial charge in [-0.1, -0.05) is 13.8 Å². The van der Waals surface area contributed by atoms with Gasteiger partial charge in [-0.2, -0.15) is 0 Å². The summed E-state index contributed by atoms with van der Waals surface area (Å²) >= 11 is 0. The van der Waals surface area contributed by atoms with Gasteiger partial charge in [-0.05, 0) is 25.3 Å². The molecule has 0 bridgehead atoms. The van der Waals surface area contributed by atoms with Crippen molar-refractivity contribution in [3.63, 3.8) is 0 Å². The maximum atomic E-state index is 5.87. The maximum absolute atomic E-state index is 5.87. The number of imidazole rings is 1. The Balaban J connectivity index is 1.35. The van der Waals surface area contributed by atoms with Gasteiger partial charge in [-0.3, -0.25) is 0 Å². The quantitative estimate of drug-likeness (QED) is 0.915. The lowest BCUT2D eigenvalue weighted by Gasteiger charge is -2.55. The lowest BCUT2D eigenvalue weighted by molar-refractivity contribution is -0.113. The summed E-state index contributed by atoms with van der Waals surface area (Å²) in [5, 5.41) is 3.86. The molecule has 110 valence electrons. The second kappa shape index (κ2) is 4.57. The van der Waals surface area contributed by atoms with E-state index in [1.54, 1.807) is 0 Å². The van der Waals surface area contributed by atoms with Crippen LogP contribution in [0.1, 0.15) is 32.5 Å². The second-order valence-corrected chi connectivity index (χ2v) is 7.35. The Hall–Kier alpha value is -0.870. The number of nitrogens with zero attached hydrogens (tertiary/aromatic N) is 2. The lowest BCUT2D eigenvalue weighted by atomic mass is 9.57. The Morgan fingerprint density at radius 3 is 3.25 bits per heavy atom. The summed E-state index contributed by atoms with van der Waals surface area (Å²) in [6, 6.07) is 0.638. The molecular formula is C16H25N3O. The van der Waals surface area contributed by atoms with Gasteiger partial charge in [0.2, 0.25) is 0 Å². The van der Waals surface area contributed by atoms with Gasteiger partial charge in [0.25, 0.3) is 0 Å². The SMILES string of the molecule is CC1(C)C(NCC2CCc3nccn3C2)C2CCOC21. The fourth-order valence-electron chi connectivity index (χ4n) is 4.64. The van der Waals surface area contributed by atoms with E-state index in [1.807, 2.05) is 6.20 Å². The molecular weight excluding hydrogens is 250 g/mol. The van der Waals surface area contributed by atoms with E-state index in [1.165, 1.54) is 18.7 Å². The normalized spacial score (nSPS) is 38.1. The highest BCUT2D eigenvalue weighted by molar-refractivity contribution is 5.11. The van der Waals surface area contributed by atoms with Crippen molar-refractivity contribution >= 4 is 0 Å². The van der Waals surface area contributed by atoms with Crippen molar-refractivity contribution in [3.8, 4) is 0 Å². The van der Waals surface area contributed by atoms with Gasteiger partial charge in [-0.15, -0.1) is 0 Å². The molecule has 2 aliphatic heterocycles. The van der Waals surface area contributed by atoms with Crippen molar-refractivity contribution in [1.82, 2.24) is 14.9 Å². The molecule has 4 unspecified atom stereocenters. The van der Waals surface area contributed by atoms with E-state index >= 15 is 0 Å². The molecule has 1 aliphatic carbocycles. The molecule has 0 radical (unpaired) electrons. The van der Waals surface area contributed by atoms with Crippen LogP contribution in [0.15, 0.2) is 12.4 Å². The summed E-state index contributed by atoms with van der Waals surface area (Å²) < 4.78 is 8.20. The Morgan fingerprint density at radius 2 is 2.35 bits per heavy atom. The minimum atomic E-state index is 0.302. The van der Waals surface area contributed by atoms with E-state index < -0.39 is 0 Å². The first kappa shape index (κ1) is 12.8. The van der Waals surface area contributed by atoms with Crippen molar-refractivity contribution in [3.05, 3.63) is 18.2 Å². The predicted octanol–water partition coefficient (Wildman–Crippen LogP) is 1.85. The van der Waals surface area contributed by atoms with Crippen molar-refractivity contribution in [2.45, 2.75) is 51.8 Å². The van der Waals surface area contributed by atoms with Crippen LogP contribution in [0.3, 0.4) is 0 Å². The lowest BCUT2D eigenvalue weighted by Crippen LogP contribution is -2.66. The first-order valence-electron chi connectivity index (χ1n) is 8.01. The van der Waals surface area contributed by atoms with Crippen molar-refractivity contribution < 1.29 is 4.74 Å². The van der Waals surface area contributed by atoms with Crippen LogP contribution >= 0.6 is 0 Å². The molecule has 1 saturated heterocycles. The van der Waals surface area contributed by atoms with Gasteiger partial charge in [0.15, 0.2) is 0 Å². The molecule has 1 saturated carbocycles. The van der Waals surface area contributed by atoms with Gasteiger partial charge in [0.1, 0.15) is 5.82 Å². The molecule has 0 amide bonds. The fourth-order valence-corrected chi connectivity index (χ4v) is 4.64. The third kappa shape index (κ3) is 1.85. The highest BCUT2D eigenvalue weighted by atomic mass is 16.5. The zero-order chi connectivity index (χ0) is 13.7. The molecule has 2 fully saturated rings. The molecule has 1 N–H and O–H groups in total. The number of rotatable bonds is 3. The first-order chi connectivity index (χ1) is 9.66. The highest BCUT2D eigenvalue weighted by Crippen LogP contribution is 2.52. The molecule has 4 atom stereocenters. The number of hydrogen-bond acceptors (Lipinski definition) is 3. The topological polar surface area (TPSA) is 39.1 Å². The minimum absolute atomic E-state index is 0.302. The van der Waals surface area contributed by atoms with E-state index in [-0.39, 0.29) is 0 Å². The summed E-state index contributed by atoms with van der Waals surface area (Å²) in [6.07, 6.45) is 8.18. The highest BCUT2D eigenvalue weighted by Gasteiger charge is 2.58. The number of aromatic nitrogens is 2. The molecule has 3 aliphatic rings. The summed E-state index contributed by atoms with van der Waals surface area (Å²) in [7, 11) is 0. The zero-order valence-corrected chi connectivity index (χ0v) is 12.5. The summed E-state index contributed by atoms with van der Waals surface area (Å²) in [5.74, 6) is 2.75. The van der Waals surface area contributed by atoms with Crippen molar-refractivity contribution in [2.75, 3.05) is 13.2 Å². The molecule has 0 spiro atoms. The second-order valence-electron chi connectivity index (χ2n) is 7.35. The Bertz CT molecular complexity index is 496. The van der Waals surface area contributed by atoms with Gasteiger partial charge >= 0.3 is 0 Å². The standard InChI is InChI=1S/C16H25N3O/c1-16(2)14(12-5-8-20-15(12)16)18-9-11-3-4-13-17-6-7-19(13)10-11/h6-7,11-12,14-15,18H,3-5,8-10H2,1-2H3. The maximum Gasteiger partial charge on any atom is 0.108 e. The summed E-state index contributed by atoms with van der Waals surface area (Å²) in [4.78, 5) is 4.41. The number of aryl methyl sites for hydroxylation is 1. The number of hydrogen-bond donors (Lipinski definition) is 1. The van der Waals surface area contributed by atoms with Crippen molar-refractivity contribution in [1.29, 1.82) is 0 Å². The monoisotopic (exact) mass is 275 g/mol. The Morgan fingerprint density at radius 1 is 1.45 bits per heavy atom. The molecule has 4 nitrogen and oxygen atoms in total. The van der Waals surface area contributed by atoms with E-state index in [4.69, 9.17) is 4.74 Å². The molecule has 4 rings (SSSR count). The Labute approximate surface area is 120 Å². The Kier molecular flexibility index (Phi) is 2.93. The van der Waals surface area contributed by atoms with Crippen LogP contribution in [0.2, 0.25) is 0 Å². The average Bonchev–Trinajstić information content (AvgIpc) is 3.05. The van der Waals surface area contributed by atoms with E-state index in [2.05, 4.69) is 34.9 Å². The largest absolute Gasteiger partial charge is 0.377 e. The third-order valence-corrected chi connectivity index (χ3v) is 5.76. The van der Waals surface area contributed by atoms with Crippen LogP contribution in [0.5, 0.6) is 0 Å². The molecule has 0 aromatic carbocycles. The van der Waals surface area contributed by atoms with Gasteiger partial charge < -0.3 is 14.6 Å². The first-order valence-corrected chi connectivity index (χ1v) is 8.01. The minimum Gasteiger partial charge on any atom is -0.377 e.